The fraction of sp³-hybridized carbons (Fsp3) is 0.538. The van der Waals surface area contributed by atoms with Gasteiger partial charge >= 0.3 is 0 Å². The van der Waals surface area contributed by atoms with Crippen molar-refractivity contribution in [2.75, 3.05) is 27.4 Å². The number of ether oxygens (including phenoxy) is 2. The lowest BCUT2D eigenvalue weighted by atomic mass is 9.79. The van der Waals surface area contributed by atoms with Gasteiger partial charge in [-0.1, -0.05) is 6.92 Å². The SMILES string of the molecule is COc1ccc(OC)c(C(C)(CN)CCO)c1. The van der Waals surface area contributed by atoms with Crippen molar-refractivity contribution < 1.29 is 14.6 Å². The van der Waals surface area contributed by atoms with Gasteiger partial charge < -0.3 is 20.3 Å². The minimum atomic E-state index is -0.311. The highest BCUT2D eigenvalue weighted by Crippen LogP contribution is 2.36. The second kappa shape index (κ2) is 5.89. The lowest BCUT2D eigenvalue weighted by Crippen LogP contribution is -2.33. The summed E-state index contributed by atoms with van der Waals surface area (Å²) in [6, 6.07) is 5.62. The second-order valence-electron chi connectivity index (χ2n) is 4.30. The van der Waals surface area contributed by atoms with Gasteiger partial charge in [0.1, 0.15) is 11.5 Å². The number of methoxy groups -OCH3 is 2. The molecule has 0 bridgehead atoms. The molecule has 17 heavy (non-hydrogen) atoms. The molecule has 1 aromatic carbocycles. The Bertz CT molecular complexity index is 368. The second-order valence-corrected chi connectivity index (χ2v) is 4.30. The summed E-state index contributed by atoms with van der Waals surface area (Å²) in [7, 11) is 3.25. The molecule has 0 fully saturated rings. The molecule has 1 unspecified atom stereocenters. The third-order valence-electron chi connectivity index (χ3n) is 3.17. The number of aliphatic hydroxyl groups excluding tert-OH is 1. The maximum Gasteiger partial charge on any atom is 0.122 e. The molecule has 0 aliphatic heterocycles. The number of nitrogens with two attached hydrogens (primary N) is 1. The third-order valence-corrected chi connectivity index (χ3v) is 3.17. The Labute approximate surface area is 102 Å². The highest BCUT2D eigenvalue weighted by Gasteiger charge is 2.28. The molecule has 0 aliphatic carbocycles. The molecule has 0 heterocycles. The van der Waals surface area contributed by atoms with Crippen molar-refractivity contribution in [3.63, 3.8) is 0 Å². The Morgan fingerprint density at radius 1 is 1.29 bits per heavy atom. The Balaban J connectivity index is 3.24. The number of benzene rings is 1. The van der Waals surface area contributed by atoms with Crippen molar-refractivity contribution >= 4 is 0 Å². The van der Waals surface area contributed by atoms with E-state index in [4.69, 9.17) is 20.3 Å². The third kappa shape index (κ3) is 2.90. The zero-order valence-electron chi connectivity index (χ0n) is 10.7. The molecule has 1 aromatic rings. The van der Waals surface area contributed by atoms with Crippen LogP contribution in [0.5, 0.6) is 11.5 Å². The van der Waals surface area contributed by atoms with Crippen LogP contribution in [0.15, 0.2) is 18.2 Å². The summed E-state index contributed by atoms with van der Waals surface area (Å²) < 4.78 is 10.6. The minimum absolute atomic E-state index is 0.0913. The van der Waals surface area contributed by atoms with Crippen molar-refractivity contribution in [3.05, 3.63) is 23.8 Å². The number of rotatable bonds is 6. The van der Waals surface area contributed by atoms with Gasteiger partial charge in [-0.3, -0.25) is 0 Å². The molecule has 4 heteroatoms. The lowest BCUT2D eigenvalue weighted by Gasteiger charge is -2.29. The molecule has 0 radical (unpaired) electrons. The predicted molar refractivity (Wildman–Crippen MR) is 67.7 cm³/mol. The van der Waals surface area contributed by atoms with Crippen LogP contribution in [-0.4, -0.2) is 32.5 Å². The molecule has 0 aromatic heterocycles. The standard InChI is InChI=1S/C13H21NO3/c1-13(9-14,6-7-15)11-8-10(16-2)4-5-12(11)17-3/h4-5,8,15H,6-7,9,14H2,1-3H3. The summed E-state index contributed by atoms with van der Waals surface area (Å²) in [4.78, 5) is 0. The van der Waals surface area contributed by atoms with Crippen molar-refractivity contribution in [1.29, 1.82) is 0 Å². The molecule has 4 nitrogen and oxygen atoms in total. The van der Waals surface area contributed by atoms with E-state index < -0.39 is 0 Å². The molecule has 0 aliphatic rings. The Morgan fingerprint density at radius 2 is 2.00 bits per heavy atom. The van der Waals surface area contributed by atoms with Gasteiger partial charge in [0, 0.05) is 24.1 Å². The maximum absolute atomic E-state index is 9.16. The van der Waals surface area contributed by atoms with E-state index in [-0.39, 0.29) is 12.0 Å². The molecular weight excluding hydrogens is 218 g/mol. The largest absolute Gasteiger partial charge is 0.497 e. The van der Waals surface area contributed by atoms with Crippen LogP contribution in [0.1, 0.15) is 18.9 Å². The highest BCUT2D eigenvalue weighted by molar-refractivity contribution is 5.45. The summed E-state index contributed by atoms with van der Waals surface area (Å²) in [6.07, 6.45) is 0.590. The molecule has 0 amide bonds. The highest BCUT2D eigenvalue weighted by atomic mass is 16.5. The molecule has 96 valence electrons. The van der Waals surface area contributed by atoms with Crippen molar-refractivity contribution in [2.45, 2.75) is 18.8 Å². The van der Waals surface area contributed by atoms with Crippen LogP contribution in [-0.2, 0) is 5.41 Å². The zero-order valence-corrected chi connectivity index (χ0v) is 10.7. The minimum Gasteiger partial charge on any atom is -0.497 e. The molecule has 0 saturated heterocycles. The van der Waals surface area contributed by atoms with Crippen LogP contribution in [0.2, 0.25) is 0 Å². The van der Waals surface area contributed by atoms with E-state index in [1.54, 1.807) is 14.2 Å². The monoisotopic (exact) mass is 239 g/mol. The average Bonchev–Trinajstić information content (AvgIpc) is 2.38. The van der Waals surface area contributed by atoms with Gasteiger partial charge in [-0.25, -0.2) is 0 Å². The summed E-state index contributed by atoms with van der Waals surface area (Å²) >= 11 is 0. The summed E-state index contributed by atoms with van der Waals surface area (Å²) in [6.45, 7) is 2.55. The number of hydrogen-bond acceptors (Lipinski definition) is 4. The molecule has 3 N–H and O–H groups in total. The Kier molecular flexibility index (Phi) is 4.78. The van der Waals surface area contributed by atoms with Crippen molar-refractivity contribution in [1.82, 2.24) is 0 Å². The Hall–Kier alpha value is -1.26. The van der Waals surface area contributed by atoms with Crippen LogP contribution in [0.25, 0.3) is 0 Å². The van der Waals surface area contributed by atoms with Crippen LogP contribution >= 0.6 is 0 Å². The smallest absolute Gasteiger partial charge is 0.122 e. The molecular formula is C13H21NO3. The first kappa shape index (κ1) is 13.8. The van der Waals surface area contributed by atoms with Gasteiger partial charge in [-0.2, -0.15) is 0 Å². The number of hydrogen-bond donors (Lipinski definition) is 2. The summed E-state index contributed by atoms with van der Waals surface area (Å²) in [5.74, 6) is 1.53. The first-order valence-corrected chi connectivity index (χ1v) is 5.64. The van der Waals surface area contributed by atoms with Crippen LogP contribution < -0.4 is 15.2 Å². The summed E-state index contributed by atoms with van der Waals surface area (Å²) in [5, 5.41) is 9.16. The van der Waals surface area contributed by atoms with Crippen molar-refractivity contribution in [3.8, 4) is 11.5 Å². The lowest BCUT2D eigenvalue weighted by molar-refractivity contribution is 0.243. The molecule has 0 spiro atoms. The number of aliphatic hydroxyl groups is 1. The van der Waals surface area contributed by atoms with E-state index in [0.29, 0.717) is 13.0 Å². The predicted octanol–water partition coefficient (Wildman–Crippen LogP) is 1.30. The van der Waals surface area contributed by atoms with Gasteiger partial charge in [0.05, 0.1) is 14.2 Å². The average molecular weight is 239 g/mol. The molecule has 0 saturated carbocycles. The van der Waals surface area contributed by atoms with E-state index in [2.05, 4.69) is 0 Å². The van der Waals surface area contributed by atoms with E-state index in [1.807, 2.05) is 25.1 Å². The maximum atomic E-state index is 9.16. The van der Waals surface area contributed by atoms with E-state index in [1.165, 1.54) is 0 Å². The van der Waals surface area contributed by atoms with Gasteiger partial charge in [0.15, 0.2) is 0 Å². The van der Waals surface area contributed by atoms with E-state index in [9.17, 15) is 0 Å². The van der Waals surface area contributed by atoms with Gasteiger partial charge in [0.25, 0.3) is 0 Å². The van der Waals surface area contributed by atoms with Gasteiger partial charge in [0.2, 0.25) is 0 Å². The fourth-order valence-corrected chi connectivity index (χ4v) is 1.88. The van der Waals surface area contributed by atoms with E-state index in [0.717, 1.165) is 17.1 Å². The fourth-order valence-electron chi connectivity index (χ4n) is 1.88. The Morgan fingerprint density at radius 3 is 2.47 bits per heavy atom. The van der Waals surface area contributed by atoms with Gasteiger partial charge in [-0.15, -0.1) is 0 Å². The normalized spacial score (nSPS) is 14.2. The topological polar surface area (TPSA) is 64.7 Å². The van der Waals surface area contributed by atoms with E-state index >= 15 is 0 Å². The first-order chi connectivity index (χ1) is 8.11. The van der Waals surface area contributed by atoms with Crippen LogP contribution in [0, 0.1) is 0 Å². The van der Waals surface area contributed by atoms with Gasteiger partial charge in [-0.05, 0) is 24.6 Å². The first-order valence-electron chi connectivity index (χ1n) is 5.64. The summed E-state index contributed by atoms with van der Waals surface area (Å²) in [5.41, 5.74) is 6.49. The zero-order chi connectivity index (χ0) is 12.9. The molecule has 1 rings (SSSR count). The van der Waals surface area contributed by atoms with Crippen molar-refractivity contribution in [2.24, 2.45) is 5.73 Å². The van der Waals surface area contributed by atoms with Crippen LogP contribution in [0.4, 0.5) is 0 Å². The molecule has 1 atom stereocenters. The quantitative estimate of drug-likeness (QED) is 0.785. The van der Waals surface area contributed by atoms with Crippen LogP contribution in [0.3, 0.4) is 0 Å².